The summed E-state index contributed by atoms with van der Waals surface area (Å²) in [6.45, 7) is 4.78. The number of aromatic hydroxyl groups is 1. The molecule has 0 radical (unpaired) electrons. The van der Waals surface area contributed by atoms with Gasteiger partial charge in [0.15, 0.2) is 17.2 Å². The van der Waals surface area contributed by atoms with Crippen LogP contribution in [-0.2, 0) is 10.2 Å². The van der Waals surface area contributed by atoms with Gasteiger partial charge < -0.3 is 9.84 Å². The molecule has 0 fully saturated rings. The van der Waals surface area contributed by atoms with Crippen LogP contribution in [0.15, 0.2) is 60.7 Å². The van der Waals surface area contributed by atoms with Crippen molar-refractivity contribution < 1.29 is 19.2 Å². The van der Waals surface area contributed by atoms with Crippen molar-refractivity contribution in [2.45, 2.75) is 19.3 Å². The first-order valence-electron chi connectivity index (χ1n) is 9.18. The number of hydrogen-bond acceptors (Lipinski definition) is 3. The van der Waals surface area contributed by atoms with Crippen LogP contribution < -0.4 is 4.74 Å². The lowest BCUT2D eigenvalue weighted by Gasteiger charge is -2.17. The molecule has 0 spiro atoms. The maximum Gasteiger partial charge on any atom is 0.298 e. The van der Waals surface area contributed by atoms with Gasteiger partial charge in [0.2, 0.25) is 5.69 Å². The van der Waals surface area contributed by atoms with E-state index >= 15 is 0 Å². The molecule has 0 aromatic heterocycles. The zero-order valence-corrected chi connectivity index (χ0v) is 16.1. The number of benzene rings is 3. The average Bonchev–Trinajstić information content (AvgIpc) is 2.88. The molecule has 0 bridgehead atoms. The standard InChI is InChI=1S/C24H21NO3/c1-24(2)22(13-9-16-8-12-20(27)21(14-16)28-15-26)25(3)19-11-10-17-6-4-5-7-18(17)23(19)24/h4-15H,1-3H3/p+1. The van der Waals surface area contributed by atoms with E-state index in [1.54, 1.807) is 12.1 Å². The number of phenols is 1. The Hall–Kier alpha value is -3.40. The second-order valence-electron chi connectivity index (χ2n) is 7.52. The molecule has 4 rings (SSSR count). The van der Waals surface area contributed by atoms with Crippen molar-refractivity contribution in [3.8, 4) is 11.5 Å². The lowest BCUT2D eigenvalue weighted by molar-refractivity contribution is -0.401. The van der Waals surface area contributed by atoms with E-state index in [9.17, 15) is 9.90 Å². The fourth-order valence-electron chi connectivity index (χ4n) is 4.15. The Morgan fingerprint density at radius 1 is 1.04 bits per heavy atom. The minimum atomic E-state index is -0.166. The Balaban J connectivity index is 1.77. The van der Waals surface area contributed by atoms with Crippen LogP contribution in [0, 0.1) is 0 Å². The van der Waals surface area contributed by atoms with Crippen LogP contribution in [0.5, 0.6) is 11.5 Å². The minimum absolute atomic E-state index is 0.0610. The van der Waals surface area contributed by atoms with E-state index in [4.69, 9.17) is 4.74 Å². The van der Waals surface area contributed by atoms with Crippen LogP contribution in [0.1, 0.15) is 25.0 Å². The van der Waals surface area contributed by atoms with Crippen LogP contribution in [0.2, 0.25) is 0 Å². The van der Waals surface area contributed by atoms with E-state index in [1.807, 2.05) is 6.08 Å². The average molecular weight is 372 g/mol. The molecule has 0 atom stereocenters. The number of carbonyl (C=O) groups excluding carboxylic acids is 1. The first-order valence-corrected chi connectivity index (χ1v) is 9.18. The van der Waals surface area contributed by atoms with Crippen LogP contribution in [0.25, 0.3) is 16.8 Å². The summed E-state index contributed by atoms with van der Waals surface area (Å²) in [4.78, 5) is 10.6. The third kappa shape index (κ3) is 2.78. The number of ether oxygens (including phenoxy) is 1. The first kappa shape index (κ1) is 18.0. The highest BCUT2D eigenvalue weighted by molar-refractivity contribution is 6.09. The summed E-state index contributed by atoms with van der Waals surface area (Å²) in [5, 5.41) is 12.3. The molecular formula is C24H22NO3+. The second kappa shape index (κ2) is 6.64. The lowest BCUT2D eigenvalue weighted by atomic mass is 9.79. The van der Waals surface area contributed by atoms with Gasteiger partial charge in [-0.2, -0.15) is 4.58 Å². The fourth-order valence-corrected chi connectivity index (χ4v) is 4.15. The number of nitrogens with zero attached hydrogens (tertiary/aromatic N) is 1. The summed E-state index contributed by atoms with van der Waals surface area (Å²) in [5.74, 6) is 0.0876. The quantitative estimate of drug-likeness (QED) is 0.529. The van der Waals surface area contributed by atoms with Gasteiger partial charge in [-0.3, -0.25) is 4.79 Å². The van der Waals surface area contributed by atoms with Crippen molar-refractivity contribution in [3.63, 3.8) is 0 Å². The highest BCUT2D eigenvalue weighted by Crippen LogP contribution is 2.43. The van der Waals surface area contributed by atoms with Crippen molar-refractivity contribution in [2.75, 3.05) is 7.05 Å². The number of fused-ring (bicyclic) bond motifs is 3. The van der Waals surface area contributed by atoms with E-state index in [0.29, 0.717) is 6.47 Å². The SMILES string of the molecule is C[N+]1=C(/C=C/c2ccc(O)c(OC=O)c2)C(C)(C)c2c1ccc1ccccc21. The predicted molar refractivity (Wildman–Crippen MR) is 112 cm³/mol. The largest absolute Gasteiger partial charge is 0.504 e. The van der Waals surface area contributed by atoms with Crippen molar-refractivity contribution in [1.29, 1.82) is 0 Å². The molecule has 0 aliphatic carbocycles. The molecule has 0 saturated heterocycles. The molecule has 3 aromatic carbocycles. The van der Waals surface area contributed by atoms with E-state index in [0.717, 1.165) is 5.56 Å². The molecule has 140 valence electrons. The number of carbonyl (C=O) groups is 1. The summed E-state index contributed by atoms with van der Waals surface area (Å²) in [6, 6.07) is 17.8. The molecule has 0 unspecified atom stereocenters. The van der Waals surface area contributed by atoms with E-state index in [2.05, 4.69) is 67.9 Å². The van der Waals surface area contributed by atoms with Gasteiger partial charge in [0.25, 0.3) is 6.47 Å². The Kier molecular flexibility index (Phi) is 4.27. The van der Waals surface area contributed by atoms with Gasteiger partial charge in [-0.25, -0.2) is 0 Å². The highest BCUT2D eigenvalue weighted by atomic mass is 16.5. The van der Waals surface area contributed by atoms with Gasteiger partial charge >= 0.3 is 0 Å². The van der Waals surface area contributed by atoms with Crippen molar-refractivity contribution in [1.82, 2.24) is 0 Å². The van der Waals surface area contributed by atoms with E-state index < -0.39 is 0 Å². The number of phenolic OH excluding ortho intramolecular Hbond substituents is 1. The van der Waals surface area contributed by atoms with Crippen LogP contribution in [-0.4, -0.2) is 28.9 Å². The van der Waals surface area contributed by atoms with Crippen molar-refractivity contribution in [2.24, 2.45) is 0 Å². The van der Waals surface area contributed by atoms with Gasteiger partial charge in [-0.15, -0.1) is 0 Å². The number of allylic oxidation sites excluding steroid dienone is 1. The lowest BCUT2D eigenvalue weighted by Crippen LogP contribution is -2.26. The fraction of sp³-hybridized carbons (Fsp3) is 0.167. The highest BCUT2D eigenvalue weighted by Gasteiger charge is 2.44. The smallest absolute Gasteiger partial charge is 0.298 e. The molecule has 0 saturated carbocycles. The molecule has 3 aromatic rings. The van der Waals surface area contributed by atoms with Gasteiger partial charge in [-0.05, 0) is 54.5 Å². The van der Waals surface area contributed by atoms with Crippen LogP contribution in [0.3, 0.4) is 0 Å². The maximum absolute atomic E-state index is 10.6. The van der Waals surface area contributed by atoms with Crippen molar-refractivity contribution in [3.05, 3.63) is 71.8 Å². The molecule has 28 heavy (non-hydrogen) atoms. The molecule has 1 aliphatic rings. The van der Waals surface area contributed by atoms with Crippen LogP contribution in [0.4, 0.5) is 5.69 Å². The maximum atomic E-state index is 10.6. The van der Waals surface area contributed by atoms with Gasteiger partial charge in [0, 0.05) is 17.7 Å². The third-order valence-electron chi connectivity index (χ3n) is 5.49. The molecule has 1 N–H and O–H groups in total. The number of hydrogen-bond donors (Lipinski definition) is 1. The Morgan fingerprint density at radius 2 is 1.82 bits per heavy atom. The topological polar surface area (TPSA) is 49.5 Å². The molecule has 1 aliphatic heterocycles. The predicted octanol–water partition coefficient (Wildman–Crippen LogP) is 4.80. The van der Waals surface area contributed by atoms with Crippen LogP contribution >= 0.6 is 0 Å². The Morgan fingerprint density at radius 3 is 2.61 bits per heavy atom. The van der Waals surface area contributed by atoms with Crippen molar-refractivity contribution >= 4 is 34.7 Å². The van der Waals surface area contributed by atoms with Gasteiger partial charge in [0.1, 0.15) is 7.05 Å². The first-order chi connectivity index (χ1) is 13.4. The molecule has 0 amide bonds. The summed E-state index contributed by atoms with van der Waals surface area (Å²) in [6.07, 6.45) is 4.06. The second-order valence-corrected chi connectivity index (χ2v) is 7.52. The molecule has 4 nitrogen and oxygen atoms in total. The zero-order chi connectivity index (χ0) is 19.9. The third-order valence-corrected chi connectivity index (χ3v) is 5.49. The number of rotatable bonds is 4. The molecule has 4 heteroatoms. The summed E-state index contributed by atoms with van der Waals surface area (Å²) in [5.41, 5.74) is 4.37. The zero-order valence-electron chi connectivity index (χ0n) is 16.1. The monoisotopic (exact) mass is 372 g/mol. The Bertz CT molecular complexity index is 1160. The van der Waals surface area contributed by atoms with Gasteiger partial charge in [0.05, 0.1) is 5.41 Å². The van der Waals surface area contributed by atoms with Gasteiger partial charge in [-0.1, -0.05) is 30.3 Å². The van der Waals surface area contributed by atoms with E-state index in [-0.39, 0.29) is 16.9 Å². The normalized spacial score (nSPS) is 15.2. The summed E-state index contributed by atoms with van der Waals surface area (Å²) in [7, 11) is 2.08. The summed E-state index contributed by atoms with van der Waals surface area (Å²) >= 11 is 0. The summed E-state index contributed by atoms with van der Waals surface area (Å²) < 4.78 is 7.05. The van der Waals surface area contributed by atoms with E-state index in [1.165, 1.54) is 33.8 Å². The minimum Gasteiger partial charge on any atom is -0.504 e. The Labute approximate surface area is 164 Å². The molecular weight excluding hydrogens is 350 g/mol. The molecule has 1 heterocycles.